The average molecular weight is 404 g/mol. The van der Waals surface area contributed by atoms with Crippen LogP contribution in [0.4, 0.5) is 24.5 Å². The van der Waals surface area contributed by atoms with Crippen LogP contribution in [0.2, 0.25) is 0 Å². The Labute approximate surface area is 163 Å². The zero-order valence-corrected chi connectivity index (χ0v) is 14.9. The molecule has 0 aliphatic carbocycles. The second-order valence-corrected chi connectivity index (χ2v) is 6.11. The quantitative estimate of drug-likeness (QED) is 0.627. The van der Waals surface area contributed by atoms with Crippen LogP contribution in [0.1, 0.15) is 11.1 Å². The summed E-state index contributed by atoms with van der Waals surface area (Å²) in [6.07, 6.45) is -2.40. The van der Waals surface area contributed by atoms with Crippen molar-refractivity contribution in [2.75, 3.05) is 23.4 Å². The summed E-state index contributed by atoms with van der Waals surface area (Å²) in [7, 11) is 0. The van der Waals surface area contributed by atoms with Gasteiger partial charge in [-0.3, -0.25) is 14.5 Å². The molecule has 6 nitrogen and oxygen atoms in total. The molecule has 0 aromatic heterocycles. The van der Waals surface area contributed by atoms with Crippen LogP contribution in [-0.2, 0) is 25.3 Å². The molecule has 0 unspecified atom stereocenters. The number of esters is 1. The summed E-state index contributed by atoms with van der Waals surface area (Å²) >= 11 is 0. The van der Waals surface area contributed by atoms with E-state index in [1.54, 1.807) is 24.3 Å². The number of carbonyl (C=O) groups excluding carboxylic acids is 3. The number of para-hydroxylation sites is 2. The fraction of sp³-hybridized carbons (Fsp3) is 0.150. The molecule has 0 saturated heterocycles. The molecule has 0 bridgehead atoms. The van der Waals surface area contributed by atoms with Crippen molar-refractivity contribution in [1.29, 1.82) is 0 Å². The molecule has 0 atom stereocenters. The highest BCUT2D eigenvalue weighted by molar-refractivity contribution is 6.10. The van der Waals surface area contributed by atoms with Crippen molar-refractivity contribution < 1.29 is 32.3 Å². The molecule has 1 aliphatic heterocycles. The van der Waals surface area contributed by atoms with Gasteiger partial charge in [0.1, 0.15) is 6.54 Å². The minimum Gasteiger partial charge on any atom is -0.452 e. The first-order valence-electron chi connectivity index (χ1n) is 8.45. The smallest absolute Gasteiger partial charge is 0.416 e. The maximum Gasteiger partial charge on any atom is 0.416 e. The number of nitrogens with one attached hydrogen (secondary N) is 1. The number of ether oxygens (including phenoxy) is 1. The number of benzene rings is 2. The van der Waals surface area contributed by atoms with Crippen LogP contribution in [0.5, 0.6) is 0 Å². The average Bonchev–Trinajstić information content (AvgIpc) is 2.69. The summed E-state index contributed by atoms with van der Waals surface area (Å²) in [4.78, 5) is 37.1. The predicted molar refractivity (Wildman–Crippen MR) is 98.9 cm³/mol. The minimum atomic E-state index is -4.49. The molecule has 2 aromatic rings. The van der Waals surface area contributed by atoms with E-state index < -0.39 is 30.2 Å². The van der Waals surface area contributed by atoms with Gasteiger partial charge in [0.05, 0.1) is 16.9 Å². The zero-order chi connectivity index (χ0) is 21.0. The molecule has 0 fully saturated rings. The number of anilines is 2. The second kappa shape index (κ2) is 8.17. The van der Waals surface area contributed by atoms with E-state index >= 15 is 0 Å². The SMILES string of the molecule is O=C1CN(C(=O)COC(=O)C=Cc2cccc(C(F)(F)F)c2)c2ccccc2N1. The number of alkyl halides is 3. The lowest BCUT2D eigenvalue weighted by atomic mass is 10.1. The van der Waals surface area contributed by atoms with E-state index in [0.717, 1.165) is 24.3 Å². The minimum absolute atomic E-state index is 0.157. The van der Waals surface area contributed by atoms with E-state index in [1.807, 2.05) is 0 Å². The van der Waals surface area contributed by atoms with Gasteiger partial charge in [-0.25, -0.2) is 4.79 Å². The molecule has 1 N–H and O–H groups in total. The number of halogens is 3. The van der Waals surface area contributed by atoms with Crippen LogP contribution >= 0.6 is 0 Å². The fourth-order valence-electron chi connectivity index (χ4n) is 2.70. The summed E-state index contributed by atoms with van der Waals surface area (Å²) in [5, 5.41) is 2.63. The lowest BCUT2D eigenvalue weighted by molar-refractivity contribution is -0.143. The van der Waals surface area contributed by atoms with Crippen LogP contribution in [0, 0.1) is 0 Å². The van der Waals surface area contributed by atoms with Gasteiger partial charge in [0.25, 0.3) is 5.91 Å². The molecular weight excluding hydrogens is 389 g/mol. The number of hydrogen-bond donors (Lipinski definition) is 1. The van der Waals surface area contributed by atoms with Gasteiger partial charge in [-0.1, -0.05) is 24.3 Å². The number of fused-ring (bicyclic) bond motifs is 1. The molecule has 0 spiro atoms. The molecule has 3 rings (SSSR count). The van der Waals surface area contributed by atoms with Gasteiger partial charge >= 0.3 is 12.1 Å². The number of nitrogens with zero attached hydrogens (tertiary/aromatic N) is 1. The first-order valence-corrected chi connectivity index (χ1v) is 8.45. The van der Waals surface area contributed by atoms with Gasteiger partial charge in [-0.05, 0) is 35.9 Å². The Morgan fingerprint density at radius 2 is 1.90 bits per heavy atom. The highest BCUT2D eigenvalue weighted by atomic mass is 19.4. The summed E-state index contributed by atoms with van der Waals surface area (Å²) < 4.78 is 43.0. The Balaban J connectivity index is 1.61. The van der Waals surface area contributed by atoms with Gasteiger partial charge in [0, 0.05) is 6.08 Å². The van der Waals surface area contributed by atoms with Crippen LogP contribution < -0.4 is 10.2 Å². The van der Waals surface area contributed by atoms with Crippen molar-refractivity contribution in [3.63, 3.8) is 0 Å². The summed E-state index contributed by atoms with van der Waals surface area (Å²) in [6, 6.07) is 11.1. The molecule has 2 aromatic carbocycles. The summed E-state index contributed by atoms with van der Waals surface area (Å²) in [6.45, 7) is -0.832. The maximum absolute atomic E-state index is 12.7. The third kappa shape index (κ3) is 5.01. The summed E-state index contributed by atoms with van der Waals surface area (Å²) in [5.41, 5.74) is 0.260. The zero-order valence-electron chi connectivity index (χ0n) is 14.9. The van der Waals surface area contributed by atoms with E-state index in [2.05, 4.69) is 5.32 Å². The van der Waals surface area contributed by atoms with Crippen molar-refractivity contribution in [2.45, 2.75) is 6.18 Å². The van der Waals surface area contributed by atoms with Gasteiger partial charge < -0.3 is 10.1 Å². The molecule has 1 heterocycles. The van der Waals surface area contributed by atoms with Crippen molar-refractivity contribution in [3.05, 3.63) is 65.7 Å². The third-order valence-electron chi connectivity index (χ3n) is 4.04. The molecule has 0 radical (unpaired) electrons. The molecule has 0 saturated carbocycles. The highest BCUT2D eigenvalue weighted by Gasteiger charge is 2.30. The first-order chi connectivity index (χ1) is 13.7. The van der Waals surface area contributed by atoms with Crippen molar-refractivity contribution in [2.24, 2.45) is 0 Å². The van der Waals surface area contributed by atoms with Gasteiger partial charge in [-0.2, -0.15) is 13.2 Å². The lowest BCUT2D eigenvalue weighted by Gasteiger charge is -2.28. The van der Waals surface area contributed by atoms with Crippen LogP contribution in [0.15, 0.2) is 54.6 Å². The van der Waals surface area contributed by atoms with E-state index in [1.165, 1.54) is 17.0 Å². The molecule has 29 heavy (non-hydrogen) atoms. The third-order valence-corrected chi connectivity index (χ3v) is 4.04. The molecular formula is C20H15F3N2O4. The normalized spacial score (nSPS) is 13.8. The topological polar surface area (TPSA) is 75.7 Å². The second-order valence-electron chi connectivity index (χ2n) is 6.11. The standard InChI is InChI=1S/C20H15F3N2O4/c21-20(22,23)14-5-3-4-13(10-14)8-9-19(28)29-12-18(27)25-11-17(26)24-15-6-1-2-7-16(15)25/h1-10H,11-12H2,(H,24,26). The summed E-state index contributed by atoms with van der Waals surface area (Å²) in [5.74, 6) is -1.88. The largest absolute Gasteiger partial charge is 0.452 e. The van der Waals surface area contributed by atoms with E-state index in [-0.39, 0.29) is 18.0 Å². The Morgan fingerprint density at radius 3 is 2.66 bits per heavy atom. The lowest BCUT2D eigenvalue weighted by Crippen LogP contribution is -2.43. The van der Waals surface area contributed by atoms with E-state index in [9.17, 15) is 27.6 Å². The highest BCUT2D eigenvalue weighted by Crippen LogP contribution is 2.30. The van der Waals surface area contributed by atoms with E-state index in [4.69, 9.17) is 4.74 Å². The van der Waals surface area contributed by atoms with Gasteiger partial charge in [0.2, 0.25) is 5.91 Å². The Kier molecular flexibility index (Phi) is 5.67. The molecule has 2 amide bonds. The fourth-order valence-corrected chi connectivity index (χ4v) is 2.70. The van der Waals surface area contributed by atoms with Crippen molar-refractivity contribution in [1.82, 2.24) is 0 Å². The number of rotatable bonds is 4. The van der Waals surface area contributed by atoms with Gasteiger partial charge in [-0.15, -0.1) is 0 Å². The van der Waals surface area contributed by atoms with Crippen molar-refractivity contribution >= 4 is 35.2 Å². The Bertz CT molecular complexity index is 986. The van der Waals surface area contributed by atoms with Crippen molar-refractivity contribution in [3.8, 4) is 0 Å². The number of amides is 2. The number of hydrogen-bond acceptors (Lipinski definition) is 4. The Morgan fingerprint density at radius 1 is 1.14 bits per heavy atom. The first kappa shape index (κ1) is 20.1. The molecule has 9 heteroatoms. The van der Waals surface area contributed by atoms with Crippen LogP contribution in [-0.4, -0.2) is 30.9 Å². The predicted octanol–water partition coefficient (Wildman–Crippen LogP) is 3.25. The van der Waals surface area contributed by atoms with Crippen LogP contribution in [0.3, 0.4) is 0 Å². The van der Waals surface area contributed by atoms with Gasteiger partial charge in [0.15, 0.2) is 6.61 Å². The van der Waals surface area contributed by atoms with Crippen LogP contribution in [0.25, 0.3) is 6.08 Å². The maximum atomic E-state index is 12.7. The monoisotopic (exact) mass is 404 g/mol. The Hall–Kier alpha value is -3.62. The number of carbonyl (C=O) groups is 3. The molecule has 150 valence electrons. The van der Waals surface area contributed by atoms with E-state index in [0.29, 0.717) is 11.4 Å². The molecule has 1 aliphatic rings.